The number of hydrogen-bond donors (Lipinski definition) is 3. The van der Waals surface area contributed by atoms with Crippen molar-refractivity contribution in [2.75, 3.05) is 6.61 Å². The fraction of sp³-hybridized carbons (Fsp3) is 0.273. The number of H-pyrrole nitrogens is 1. The smallest absolute Gasteiger partial charge is 0.154 e. The highest BCUT2D eigenvalue weighted by atomic mass is 16.3. The van der Waals surface area contributed by atoms with Gasteiger partial charge in [0.1, 0.15) is 6.33 Å². The third-order valence-electron chi connectivity index (χ3n) is 3.07. The number of aliphatic hydroxyl groups excluding tert-OH is 1. The second-order valence-electron chi connectivity index (χ2n) is 4.17. The number of fused-ring (bicyclic) bond motifs is 1. The van der Waals surface area contributed by atoms with E-state index in [-0.39, 0.29) is 24.5 Å². The number of aromatic nitrogens is 3. The highest BCUT2D eigenvalue weighted by molar-refractivity contribution is 5.87. The van der Waals surface area contributed by atoms with Gasteiger partial charge in [0.15, 0.2) is 5.82 Å². The van der Waals surface area contributed by atoms with E-state index < -0.39 is 0 Å². The van der Waals surface area contributed by atoms with Crippen molar-refractivity contribution in [3.05, 3.63) is 40.7 Å². The number of hydrogen-bond acceptors (Lipinski definition) is 5. The SMILES string of the molecule is [N-]=[N+]=Nc1ncnc2c([C@H]3C=C[C@@H](CO)N3)c[nH]c12. The maximum Gasteiger partial charge on any atom is 0.154 e. The zero-order valence-electron chi connectivity index (χ0n) is 9.85. The van der Waals surface area contributed by atoms with Crippen molar-refractivity contribution in [2.45, 2.75) is 12.1 Å². The molecular formula is C11H11N7O. The maximum absolute atomic E-state index is 9.11. The monoisotopic (exact) mass is 257 g/mol. The Morgan fingerprint density at radius 1 is 1.42 bits per heavy atom. The summed E-state index contributed by atoms with van der Waals surface area (Å²) in [6.45, 7) is 0.0499. The van der Waals surface area contributed by atoms with E-state index in [9.17, 15) is 0 Å². The molecule has 3 heterocycles. The van der Waals surface area contributed by atoms with Crippen LogP contribution in [0.15, 0.2) is 29.8 Å². The van der Waals surface area contributed by atoms with Crippen LogP contribution in [-0.2, 0) is 0 Å². The van der Waals surface area contributed by atoms with E-state index in [4.69, 9.17) is 10.6 Å². The number of nitrogens with one attached hydrogen (secondary N) is 2. The van der Waals surface area contributed by atoms with Crippen LogP contribution < -0.4 is 5.32 Å². The van der Waals surface area contributed by atoms with Gasteiger partial charge in [0.05, 0.1) is 23.7 Å². The first-order valence-electron chi connectivity index (χ1n) is 5.76. The van der Waals surface area contributed by atoms with E-state index in [0.717, 1.165) is 5.56 Å². The van der Waals surface area contributed by atoms with E-state index in [1.54, 1.807) is 6.20 Å². The number of aromatic amines is 1. The van der Waals surface area contributed by atoms with E-state index in [0.29, 0.717) is 11.0 Å². The van der Waals surface area contributed by atoms with Gasteiger partial charge < -0.3 is 10.1 Å². The van der Waals surface area contributed by atoms with Crippen LogP contribution in [0.3, 0.4) is 0 Å². The molecule has 0 aromatic carbocycles. The normalized spacial score (nSPS) is 21.7. The van der Waals surface area contributed by atoms with Crippen molar-refractivity contribution in [2.24, 2.45) is 5.11 Å². The molecule has 0 radical (unpaired) electrons. The van der Waals surface area contributed by atoms with E-state index >= 15 is 0 Å². The molecule has 2 aromatic heterocycles. The summed E-state index contributed by atoms with van der Waals surface area (Å²) in [6.07, 6.45) is 7.06. The Labute approximate surface area is 107 Å². The summed E-state index contributed by atoms with van der Waals surface area (Å²) in [6, 6.07) is -0.0758. The van der Waals surface area contributed by atoms with Gasteiger partial charge in [0.25, 0.3) is 0 Å². The zero-order chi connectivity index (χ0) is 13.2. The van der Waals surface area contributed by atoms with Crippen LogP contribution in [0.2, 0.25) is 0 Å². The van der Waals surface area contributed by atoms with Crippen LogP contribution in [-0.4, -0.2) is 32.7 Å². The van der Waals surface area contributed by atoms with Gasteiger partial charge in [-0.25, -0.2) is 9.97 Å². The van der Waals surface area contributed by atoms with Crippen molar-refractivity contribution in [1.29, 1.82) is 0 Å². The number of rotatable bonds is 3. The molecule has 0 unspecified atom stereocenters. The predicted octanol–water partition coefficient (Wildman–Crippen LogP) is 1.46. The average molecular weight is 257 g/mol. The van der Waals surface area contributed by atoms with Crippen molar-refractivity contribution in [3.8, 4) is 0 Å². The fourth-order valence-corrected chi connectivity index (χ4v) is 2.20. The maximum atomic E-state index is 9.11. The van der Waals surface area contributed by atoms with Crippen molar-refractivity contribution in [3.63, 3.8) is 0 Å². The lowest BCUT2D eigenvalue weighted by Gasteiger charge is -2.11. The fourth-order valence-electron chi connectivity index (χ4n) is 2.20. The van der Waals surface area contributed by atoms with Gasteiger partial charge in [-0.1, -0.05) is 12.2 Å². The average Bonchev–Trinajstić information content (AvgIpc) is 3.05. The van der Waals surface area contributed by atoms with Crippen LogP contribution >= 0.6 is 0 Å². The van der Waals surface area contributed by atoms with Gasteiger partial charge in [-0.2, -0.15) is 0 Å². The van der Waals surface area contributed by atoms with E-state index in [1.165, 1.54) is 6.33 Å². The largest absolute Gasteiger partial charge is 0.394 e. The highest BCUT2D eigenvalue weighted by Gasteiger charge is 2.22. The molecule has 3 N–H and O–H groups in total. The minimum Gasteiger partial charge on any atom is -0.394 e. The standard InChI is InChI=1S/C11H11N7O/c12-18-17-11-10-9(14-5-15-11)7(3-13-10)8-2-1-6(4-19)16-8/h1-3,5-6,8,13,16,19H,4H2/t6-,8+/m0/s1. The summed E-state index contributed by atoms with van der Waals surface area (Å²) in [5, 5.41) is 15.9. The zero-order valence-corrected chi connectivity index (χ0v) is 9.85. The predicted molar refractivity (Wildman–Crippen MR) is 68.6 cm³/mol. The molecule has 8 nitrogen and oxygen atoms in total. The van der Waals surface area contributed by atoms with Gasteiger partial charge in [-0.15, -0.1) is 0 Å². The molecule has 0 spiro atoms. The molecule has 3 rings (SSSR count). The lowest BCUT2D eigenvalue weighted by molar-refractivity contribution is 0.266. The van der Waals surface area contributed by atoms with Crippen LogP contribution in [0.1, 0.15) is 11.6 Å². The van der Waals surface area contributed by atoms with E-state index in [2.05, 4.69) is 30.3 Å². The summed E-state index contributed by atoms with van der Waals surface area (Å²) in [5.41, 5.74) is 10.7. The summed E-state index contributed by atoms with van der Waals surface area (Å²) in [5.74, 6) is 0.277. The van der Waals surface area contributed by atoms with Crippen molar-refractivity contribution < 1.29 is 5.11 Å². The summed E-state index contributed by atoms with van der Waals surface area (Å²) < 4.78 is 0. The second kappa shape index (κ2) is 4.69. The molecule has 1 aliphatic heterocycles. The van der Waals surface area contributed by atoms with Gasteiger partial charge in [0.2, 0.25) is 0 Å². The van der Waals surface area contributed by atoms with Gasteiger partial charge >= 0.3 is 0 Å². The molecule has 2 aromatic rings. The molecule has 0 amide bonds. The topological polar surface area (TPSA) is 123 Å². The Kier molecular flexibility index (Phi) is 2.88. The van der Waals surface area contributed by atoms with Gasteiger partial charge in [-0.3, -0.25) is 5.32 Å². The molecule has 2 atom stereocenters. The lowest BCUT2D eigenvalue weighted by Crippen LogP contribution is -2.28. The third-order valence-corrected chi connectivity index (χ3v) is 3.07. The first kappa shape index (κ1) is 11.7. The first-order chi connectivity index (χ1) is 9.33. The molecule has 0 saturated carbocycles. The Balaban J connectivity index is 2.05. The summed E-state index contributed by atoms with van der Waals surface area (Å²) >= 11 is 0. The first-order valence-corrected chi connectivity index (χ1v) is 5.76. The summed E-state index contributed by atoms with van der Waals surface area (Å²) in [4.78, 5) is 13.9. The Hall–Kier alpha value is -2.41. The number of azide groups is 1. The lowest BCUT2D eigenvalue weighted by atomic mass is 10.1. The molecule has 1 aliphatic rings. The Morgan fingerprint density at radius 3 is 3.05 bits per heavy atom. The Morgan fingerprint density at radius 2 is 2.32 bits per heavy atom. The molecule has 8 heteroatoms. The molecule has 0 saturated heterocycles. The minimum absolute atomic E-state index is 0.0280. The van der Waals surface area contributed by atoms with Crippen LogP contribution in [0, 0.1) is 0 Å². The quantitative estimate of drug-likeness (QED) is 0.333. The molecule has 0 aliphatic carbocycles. The minimum atomic E-state index is -0.0478. The van der Waals surface area contributed by atoms with Crippen LogP contribution in [0.5, 0.6) is 0 Å². The third kappa shape index (κ3) is 1.93. The number of aliphatic hydroxyl groups is 1. The van der Waals surface area contributed by atoms with Gasteiger partial charge in [-0.05, 0) is 10.6 Å². The van der Waals surface area contributed by atoms with E-state index in [1.807, 2.05) is 12.2 Å². The molecule has 96 valence electrons. The van der Waals surface area contributed by atoms with Gasteiger partial charge in [0, 0.05) is 22.7 Å². The molecule has 0 bridgehead atoms. The van der Waals surface area contributed by atoms with Crippen LogP contribution in [0.25, 0.3) is 21.5 Å². The Bertz CT molecular complexity index is 685. The molecule has 0 fully saturated rings. The molecule has 19 heavy (non-hydrogen) atoms. The molecular weight excluding hydrogens is 246 g/mol. The van der Waals surface area contributed by atoms with Crippen molar-refractivity contribution >= 4 is 16.9 Å². The van der Waals surface area contributed by atoms with Crippen molar-refractivity contribution in [1.82, 2.24) is 20.3 Å². The van der Waals surface area contributed by atoms with Crippen LogP contribution in [0.4, 0.5) is 5.82 Å². The summed E-state index contributed by atoms with van der Waals surface area (Å²) in [7, 11) is 0. The highest BCUT2D eigenvalue weighted by Crippen LogP contribution is 2.29. The second-order valence-corrected chi connectivity index (χ2v) is 4.17. The number of nitrogens with zero attached hydrogens (tertiary/aromatic N) is 5.